The summed E-state index contributed by atoms with van der Waals surface area (Å²) in [7, 11) is 0. The number of fused-ring (bicyclic) bond motifs is 2. The van der Waals surface area contributed by atoms with Crippen molar-refractivity contribution in [3.63, 3.8) is 0 Å². The van der Waals surface area contributed by atoms with Gasteiger partial charge < -0.3 is 4.74 Å². The molecule has 0 fully saturated rings. The molecule has 5 nitrogen and oxygen atoms in total. The maximum absolute atomic E-state index is 13.4. The van der Waals surface area contributed by atoms with Crippen molar-refractivity contribution in [3.05, 3.63) is 142 Å². The van der Waals surface area contributed by atoms with Crippen LogP contribution in [0.5, 0.6) is 5.75 Å². The molecule has 0 aliphatic rings. The standard InChI is InChI=1S/C33H22F3N3O2/c34-33(35,36)26-13-7-11-24(19-26)31-38-30-17-4-3-16-29(30)32(40)39(31)37-20-22-8-5-14-27(18-22)41-21-25-12-6-10-23-9-1-2-15-28(23)25/h1-20H,21H2. The molecule has 0 N–H and O–H groups in total. The van der Waals surface area contributed by atoms with Crippen LogP contribution in [-0.4, -0.2) is 15.9 Å². The van der Waals surface area contributed by atoms with Crippen LogP contribution in [0.2, 0.25) is 0 Å². The molecule has 6 rings (SSSR count). The molecule has 0 amide bonds. The number of alkyl halides is 3. The van der Waals surface area contributed by atoms with E-state index in [0.29, 0.717) is 28.8 Å². The lowest BCUT2D eigenvalue weighted by atomic mass is 10.1. The molecular formula is C33H22F3N3O2. The lowest BCUT2D eigenvalue weighted by Crippen LogP contribution is -2.20. The summed E-state index contributed by atoms with van der Waals surface area (Å²) >= 11 is 0. The van der Waals surface area contributed by atoms with Crippen molar-refractivity contribution in [2.45, 2.75) is 12.8 Å². The molecule has 0 aliphatic carbocycles. The van der Waals surface area contributed by atoms with Crippen molar-refractivity contribution in [1.29, 1.82) is 0 Å². The van der Waals surface area contributed by atoms with Gasteiger partial charge >= 0.3 is 6.18 Å². The second-order valence-corrected chi connectivity index (χ2v) is 9.39. The highest BCUT2D eigenvalue weighted by molar-refractivity contribution is 5.85. The van der Waals surface area contributed by atoms with Crippen LogP contribution >= 0.6 is 0 Å². The number of para-hydroxylation sites is 1. The molecule has 0 spiro atoms. The van der Waals surface area contributed by atoms with Gasteiger partial charge in [0.2, 0.25) is 0 Å². The molecule has 6 aromatic rings. The van der Waals surface area contributed by atoms with Gasteiger partial charge in [-0.3, -0.25) is 4.79 Å². The molecule has 0 saturated carbocycles. The topological polar surface area (TPSA) is 56.5 Å². The quantitative estimate of drug-likeness (QED) is 0.200. The van der Waals surface area contributed by atoms with E-state index in [1.165, 1.54) is 18.3 Å². The second-order valence-electron chi connectivity index (χ2n) is 9.39. The minimum absolute atomic E-state index is 0.000546. The van der Waals surface area contributed by atoms with E-state index in [9.17, 15) is 18.0 Å². The Labute approximate surface area is 232 Å². The minimum Gasteiger partial charge on any atom is -0.489 e. The summed E-state index contributed by atoms with van der Waals surface area (Å²) in [6.45, 7) is 0.357. The summed E-state index contributed by atoms with van der Waals surface area (Å²) in [4.78, 5) is 17.9. The van der Waals surface area contributed by atoms with Crippen molar-refractivity contribution in [2.75, 3.05) is 0 Å². The van der Waals surface area contributed by atoms with Crippen molar-refractivity contribution >= 4 is 27.9 Å². The van der Waals surface area contributed by atoms with Crippen molar-refractivity contribution in [2.24, 2.45) is 5.10 Å². The molecule has 0 bridgehead atoms. The largest absolute Gasteiger partial charge is 0.489 e. The van der Waals surface area contributed by atoms with E-state index in [1.54, 1.807) is 42.5 Å². The van der Waals surface area contributed by atoms with Crippen LogP contribution in [-0.2, 0) is 12.8 Å². The Morgan fingerprint density at radius 2 is 1.54 bits per heavy atom. The molecule has 0 atom stereocenters. The Kier molecular flexibility index (Phi) is 6.81. The maximum atomic E-state index is 13.4. The van der Waals surface area contributed by atoms with E-state index >= 15 is 0 Å². The fourth-order valence-electron chi connectivity index (χ4n) is 4.64. The summed E-state index contributed by atoms with van der Waals surface area (Å²) in [6, 6.07) is 32.7. The van der Waals surface area contributed by atoms with Crippen LogP contribution in [0.1, 0.15) is 16.7 Å². The zero-order chi connectivity index (χ0) is 28.4. The Morgan fingerprint density at radius 3 is 2.39 bits per heavy atom. The van der Waals surface area contributed by atoms with E-state index in [1.807, 2.05) is 42.5 Å². The highest BCUT2D eigenvalue weighted by atomic mass is 19.4. The molecule has 1 aromatic heterocycles. The predicted octanol–water partition coefficient (Wildman–Crippen LogP) is 7.70. The first-order valence-electron chi connectivity index (χ1n) is 12.8. The van der Waals surface area contributed by atoms with Gasteiger partial charge in [-0.05, 0) is 58.3 Å². The van der Waals surface area contributed by atoms with E-state index in [4.69, 9.17) is 4.74 Å². The average Bonchev–Trinajstić information content (AvgIpc) is 2.99. The molecule has 1 heterocycles. The number of halogens is 3. The van der Waals surface area contributed by atoms with Gasteiger partial charge in [0.1, 0.15) is 12.4 Å². The Hall–Kier alpha value is -5.24. The van der Waals surface area contributed by atoms with E-state index in [0.717, 1.165) is 33.1 Å². The maximum Gasteiger partial charge on any atom is 0.416 e. The molecule has 8 heteroatoms. The monoisotopic (exact) mass is 549 g/mol. The zero-order valence-corrected chi connectivity index (χ0v) is 21.5. The van der Waals surface area contributed by atoms with Gasteiger partial charge in [0.05, 0.1) is 22.7 Å². The van der Waals surface area contributed by atoms with Gasteiger partial charge in [0.15, 0.2) is 5.82 Å². The van der Waals surface area contributed by atoms with Crippen LogP contribution in [0.4, 0.5) is 13.2 Å². The van der Waals surface area contributed by atoms with Gasteiger partial charge in [0, 0.05) is 5.56 Å². The van der Waals surface area contributed by atoms with Crippen molar-refractivity contribution in [3.8, 4) is 17.1 Å². The first kappa shape index (κ1) is 26.0. The number of hydrogen-bond acceptors (Lipinski definition) is 4. The normalized spacial score (nSPS) is 11.9. The van der Waals surface area contributed by atoms with Crippen molar-refractivity contribution < 1.29 is 17.9 Å². The predicted molar refractivity (Wildman–Crippen MR) is 154 cm³/mol. The third kappa shape index (κ3) is 5.45. The average molecular weight is 550 g/mol. The molecular weight excluding hydrogens is 527 g/mol. The molecule has 0 saturated heterocycles. The van der Waals surface area contributed by atoms with E-state index in [-0.39, 0.29) is 11.4 Å². The fourth-order valence-corrected chi connectivity index (χ4v) is 4.64. The third-order valence-corrected chi connectivity index (χ3v) is 6.66. The first-order valence-corrected chi connectivity index (χ1v) is 12.8. The third-order valence-electron chi connectivity index (χ3n) is 6.66. The van der Waals surface area contributed by atoms with Gasteiger partial charge in [-0.1, -0.05) is 78.9 Å². The second kappa shape index (κ2) is 10.7. The van der Waals surface area contributed by atoms with Crippen LogP contribution in [0.15, 0.2) is 125 Å². The number of ether oxygens (including phenoxy) is 1. The fraction of sp³-hybridized carbons (Fsp3) is 0.0606. The Bertz CT molecular complexity index is 1970. The molecule has 0 radical (unpaired) electrons. The minimum atomic E-state index is -4.55. The van der Waals surface area contributed by atoms with Crippen LogP contribution in [0.3, 0.4) is 0 Å². The number of rotatable bonds is 6. The summed E-state index contributed by atoms with van der Waals surface area (Å²) < 4.78 is 47.4. The van der Waals surface area contributed by atoms with Crippen molar-refractivity contribution in [1.82, 2.24) is 9.66 Å². The Morgan fingerprint density at radius 1 is 0.805 bits per heavy atom. The summed E-state index contributed by atoms with van der Waals surface area (Å²) in [5.74, 6) is 0.600. The highest BCUT2D eigenvalue weighted by Gasteiger charge is 2.31. The summed E-state index contributed by atoms with van der Waals surface area (Å²) in [5, 5.41) is 6.91. The van der Waals surface area contributed by atoms with Crippen LogP contribution in [0, 0.1) is 0 Å². The van der Waals surface area contributed by atoms with Crippen LogP contribution < -0.4 is 10.3 Å². The van der Waals surface area contributed by atoms with Crippen LogP contribution in [0.25, 0.3) is 33.1 Å². The summed E-state index contributed by atoms with van der Waals surface area (Å²) in [5.41, 5.74) is 0.816. The Balaban J connectivity index is 1.34. The number of benzene rings is 5. The molecule has 202 valence electrons. The number of nitrogens with zero attached hydrogens (tertiary/aromatic N) is 3. The highest BCUT2D eigenvalue weighted by Crippen LogP contribution is 2.32. The molecule has 0 unspecified atom stereocenters. The SMILES string of the molecule is O=c1c2ccccc2nc(-c2cccc(C(F)(F)F)c2)n1N=Cc1cccc(OCc2cccc3ccccc23)c1. The van der Waals surface area contributed by atoms with E-state index < -0.39 is 17.3 Å². The van der Waals surface area contributed by atoms with Gasteiger partial charge in [0.25, 0.3) is 5.56 Å². The number of hydrogen-bond donors (Lipinski definition) is 0. The smallest absolute Gasteiger partial charge is 0.416 e. The zero-order valence-electron chi connectivity index (χ0n) is 21.5. The molecule has 0 aliphatic heterocycles. The summed E-state index contributed by atoms with van der Waals surface area (Å²) in [6.07, 6.45) is -3.09. The first-order chi connectivity index (χ1) is 19.9. The van der Waals surface area contributed by atoms with Gasteiger partial charge in [-0.2, -0.15) is 22.9 Å². The van der Waals surface area contributed by atoms with E-state index in [2.05, 4.69) is 16.2 Å². The molecule has 41 heavy (non-hydrogen) atoms. The lowest BCUT2D eigenvalue weighted by Gasteiger charge is -2.12. The van der Waals surface area contributed by atoms with Gasteiger partial charge in [-0.25, -0.2) is 4.98 Å². The molecule has 5 aromatic carbocycles. The van der Waals surface area contributed by atoms with Gasteiger partial charge in [-0.15, -0.1) is 0 Å². The number of aromatic nitrogens is 2. The lowest BCUT2D eigenvalue weighted by molar-refractivity contribution is -0.137.